The Morgan fingerprint density at radius 2 is 1.12 bits per heavy atom. The van der Waals surface area contributed by atoms with Crippen molar-refractivity contribution in [2.45, 2.75) is 31.0 Å². The fourth-order valence-corrected chi connectivity index (χ4v) is 20.6. The molecule has 0 saturated carbocycles. The zero-order valence-electron chi connectivity index (χ0n) is 24.3. The van der Waals surface area contributed by atoms with Crippen molar-refractivity contribution in [3.63, 3.8) is 0 Å². The van der Waals surface area contributed by atoms with Crippen molar-refractivity contribution in [3.05, 3.63) is 174 Å². The summed E-state index contributed by atoms with van der Waals surface area (Å²) in [5, 5.41) is -0.222. The van der Waals surface area contributed by atoms with Crippen molar-refractivity contribution >= 4 is 30.4 Å². The second kappa shape index (κ2) is 11.0. The molecule has 0 bridgehead atoms. The number of unbranched alkanes of at least 4 members (excludes halogenated alkanes) is 1. The number of hydrogen-bond donors (Lipinski definition) is 0. The molecule has 1 saturated heterocycles. The van der Waals surface area contributed by atoms with Gasteiger partial charge in [-0.1, -0.05) is 153 Å². The van der Waals surface area contributed by atoms with Crippen molar-refractivity contribution < 1.29 is 9.13 Å². The zero-order valence-corrected chi connectivity index (χ0v) is 26.1. The lowest BCUT2D eigenvalue weighted by Gasteiger charge is -2.63. The zero-order chi connectivity index (χ0) is 29.5. The molecule has 43 heavy (non-hydrogen) atoms. The molecule has 0 aromatic heterocycles. The van der Waals surface area contributed by atoms with E-state index in [1.807, 2.05) is 91.0 Å². The molecule has 7 rings (SSSR count). The highest BCUT2D eigenvalue weighted by Gasteiger charge is 2.82. The van der Waals surface area contributed by atoms with E-state index in [-0.39, 0.29) is 6.04 Å². The van der Waals surface area contributed by atoms with E-state index in [1.54, 1.807) is 0 Å². The first-order chi connectivity index (χ1) is 21.1. The number of fused-ring (bicyclic) bond motifs is 1. The number of hydrogen-bond acceptors (Lipinski definition) is 2. The second-order valence-corrected chi connectivity index (χ2v) is 19.5. The van der Waals surface area contributed by atoms with Crippen LogP contribution < -0.4 is 4.67 Å². The van der Waals surface area contributed by atoms with Gasteiger partial charge in [0.25, 0.3) is 0 Å². The Hall–Kier alpha value is -3.90. The Balaban J connectivity index is 1.70. The predicted octanol–water partition coefficient (Wildman–Crippen LogP) is 11.1. The minimum atomic E-state index is -3.74. The summed E-state index contributed by atoms with van der Waals surface area (Å²) in [6.07, 6.45) is 2.02. The SMILES string of the molecule is CCCCP1(=O)C(c2ccccc2)=C(c2ccccc2)C2(c3ccccc3)C(c3ccccc3)N(c3ccccc3)P21=O. The summed E-state index contributed by atoms with van der Waals surface area (Å²) in [6.45, 7) is -5.18. The van der Waals surface area contributed by atoms with Gasteiger partial charge >= 0.3 is 0 Å². The molecule has 5 aromatic rings. The van der Waals surface area contributed by atoms with Gasteiger partial charge < -0.3 is 9.24 Å². The average Bonchev–Trinajstić information content (AvgIpc) is 3.21. The topological polar surface area (TPSA) is 37.4 Å². The molecule has 5 aromatic carbocycles. The third kappa shape index (κ3) is 3.88. The lowest BCUT2D eigenvalue weighted by molar-refractivity contribution is 0.466. The summed E-state index contributed by atoms with van der Waals surface area (Å²) < 4.78 is 35.3. The monoisotopic (exact) mass is 599 g/mol. The predicted molar refractivity (Wildman–Crippen MR) is 181 cm³/mol. The maximum absolute atomic E-state index is 16.8. The lowest BCUT2D eigenvalue weighted by Crippen LogP contribution is -2.54. The first-order valence-corrected chi connectivity index (χ1v) is 19.4. The van der Waals surface area contributed by atoms with Crippen LogP contribution in [0.4, 0.5) is 5.69 Å². The van der Waals surface area contributed by atoms with Crippen LogP contribution in [0.3, 0.4) is 0 Å². The van der Waals surface area contributed by atoms with Crippen molar-refractivity contribution in [1.29, 1.82) is 0 Å². The minimum absolute atomic E-state index is 0.323. The van der Waals surface area contributed by atoms with E-state index in [9.17, 15) is 0 Å². The van der Waals surface area contributed by atoms with Gasteiger partial charge in [-0.15, -0.1) is 0 Å². The molecule has 4 atom stereocenters. The van der Waals surface area contributed by atoms with Crippen LogP contribution in [0.15, 0.2) is 152 Å². The maximum atomic E-state index is 16.8. The van der Waals surface area contributed by atoms with Gasteiger partial charge in [0.1, 0.15) is 5.16 Å². The van der Waals surface area contributed by atoms with Crippen LogP contribution >= 0.6 is 13.8 Å². The molecule has 2 aliphatic rings. The van der Waals surface area contributed by atoms with Crippen LogP contribution in [0.25, 0.3) is 10.9 Å². The molecule has 0 aliphatic carbocycles. The minimum Gasteiger partial charge on any atom is -0.309 e. The molecule has 3 nitrogen and oxygen atoms in total. The van der Waals surface area contributed by atoms with E-state index >= 15 is 9.13 Å². The summed E-state index contributed by atoms with van der Waals surface area (Å²) in [4.78, 5) is 0. The fraction of sp³-hybridized carbons (Fsp3) is 0.158. The van der Waals surface area contributed by atoms with Crippen LogP contribution in [0.2, 0.25) is 0 Å². The van der Waals surface area contributed by atoms with E-state index in [1.165, 1.54) is 0 Å². The van der Waals surface area contributed by atoms with Gasteiger partial charge in [0, 0.05) is 17.2 Å². The largest absolute Gasteiger partial charge is 0.309 e. The highest BCUT2D eigenvalue weighted by atomic mass is 32.1. The van der Waals surface area contributed by atoms with Crippen LogP contribution in [0, 0.1) is 0 Å². The molecule has 1 fully saturated rings. The number of benzene rings is 5. The first-order valence-electron chi connectivity index (χ1n) is 15.1. The lowest BCUT2D eigenvalue weighted by atomic mass is 9.76. The molecule has 0 N–H and O–H groups in total. The quantitative estimate of drug-likeness (QED) is 0.167. The van der Waals surface area contributed by atoms with Gasteiger partial charge in [0.2, 0.25) is 6.98 Å². The Labute approximate surface area is 254 Å². The van der Waals surface area contributed by atoms with Crippen molar-refractivity contribution in [1.82, 2.24) is 0 Å². The molecule has 2 heterocycles. The summed E-state index contributed by atoms with van der Waals surface area (Å²) in [5.74, 6) is 0. The maximum Gasteiger partial charge on any atom is 0.249 e. The first kappa shape index (κ1) is 27.9. The molecular weight excluding hydrogens is 564 g/mol. The summed E-state index contributed by atoms with van der Waals surface area (Å²) >= 11 is 0. The van der Waals surface area contributed by atoms with E-state index in [2.05, 4.69) is 72.3 Å². The van der Waals surface area contributed by atoms with Crippen LogP contribution in [-0.2, 0) is 14.3 Å². The Bertz CT molecular complexity index is 1860. The van der Waals surface area contributed by atoms with E-state index < -0.39 is 19.0 Å². The van der Waals surface area contributed by atoms with Gasteiger partial charge in [0.15, 0.2) is 6.83 Å². The van der Waals surface area contributed by atoms with Gasteiger partial charge in [0.05, 0.1) is 6.04 Å². The molecule has 2 aliphatic heterocycles. The van der Waals surface area contributed by atoms with Crippen LogP contribution in [-0.4, -0.2) is 6.16 Å². The van der Waals surface area contributed by atoms with Crippen LogP contribution in [0.5, 0.6) is 0 Å². The summed E-state index contributed by atoms with van der Waals surface area (Å²) in [5.41, 5.74) is 5.71. The Morgan fingerprint density at radius 3 is 1.67 bits per heavy atom. The average molecular weight is 600 g/mol. The van der Waals surface area contributed by atoms with Gasteiger partial charge in [-0.25, -0.2) is 0 Å². The highest BCUT2D eigenvalue weighted by molar-refractivity contribution is 8.42. The second-order valence-electron chi connectivity index (χ2n) is 11.4. The van der Waals surface area contributed by atoms with Gasteiger partial charge in [-0.05, 0) is 46.4 Å². The smallest absolute Gasteiger partial charge is 0.249 e. The molecule has 214 valence electrons. The molecule has 0 radical (unpaired) electrons. The highest BCUT2D eigenvalue weighted by Crippen LogP contribution is 3.08. The Morgan fingerprint density at radius 1 is 0.628 bits per heavy atom. The third-order valence-electron chi connectivity index (χ3n) is 9.07. The molecule has 0 spiro atoms. The molecular formula is C38H35NO2P2. The van der Waals surface area contributed by atoms with Crippen LogP contribution in [0.1, 0.15) is 48.1 Å². The van der Waals surface area contributed by atoms with Crippen molar-refractivity contribution in [2.24, 2.45) is 0 Å². The Kier molecular flexibility index (Phi) is 7.13. The summed E-state index contributed by atoms with van der Waals surface area (Å²) in [7, 11) is 0. The number of nitrogens with zero attached hydrogens (tertiary/aromatic N) is 1. The number of para-hydroxylation sites is 1. The third-order valence-corrected chi connectivity index (χ3v) is 20.1. The normalized spacial score (nSPS) is 26.2. The molecule has 4 unspecified atom stereocenters. The standard InChI is InChI=1S/C38H35NO2P2/c1-2-3-29-42(40)36(31-21-11-5-12-22-31)35(30-19-9-4-10-20-30)38(33-25-15-7-16-26-33)37(32-23-13-6-14-24-32)39(43(38,42)41)34-27-17-8-18-28-34/h4-28,37H,2-3,29H2,1H3. The van der Waals surface area contributed by atoms with E-state index in [0.717, 1.165) is 51.7 Å². The number of anilines is 1. The molecule has 5 heteroatoms. The van der Waals surface area contributed by atoms with Crippen molar-refractivity contribution in [2.75, 3.05) is 10.8 Å². The van der Waals surface area contributed by atoms with Gasteiger partial charge in [-0.2, -0.15) is 0 Å². The molecule has 0 amide bonds. The van der Waals surface area contributed by atoms with E-state index in [0.29, 0.717) is 6.16 Å². The van der Waals surface area contributed by atoms with Crippen molar-refractivity contribution in [3.8, 4) is 0 Å². The number of rotatable bonds is 8. The van der Waals surface area contributed by atoms with Gasteiger partial charge in [-0.3, -0.25) is 4.57 Å². The van der Waals surface area contributed by atoms with E-state index in [4.69, 9.17) is 0 Å². The summed E-state index contributed by atoms with van der Waals surface area (Å²) in [6, 6.07) is 50.8. The fourth-order valence-electron chi connectivity index (χ4n) is 7.38.